The van der Waals surface area contributed by atoms with Gasteiger partial charge in [0.2, 0.25) is 0 Å². The van der Waals surface area contributed by atoms with E-state index in [1.165, 1.54) is 6.07 Å². The molecule has 0 heterocycles. The molecule has 1 aromatic carbocycles. The van der Waals surface area contributed by atoms with Crippen LogP contribution in [0.5, 0.6) is 0 Å². The van der Waals surface area contributed by atoms with Crippen LogP contribution in [-0.4, -0.2) is 17.8 Å². The molecule has 0 aliphatic rings. The molecule has 1 N–H and O–H groups in total. The van der Waals surface area contributed by atoms with E-state index in [1.807, 2.05) is 0 Å². The summed E-state index contributed by atoms with van der Waals surface area (Å²) in [5.41, 5.74) is 0.0563. The van der Waals surface area contributed by atoms with E-state index in [4.69, 9.17) is 0 Å². The molecule has 0 aliphatic heterocycles. The van der Waals surface area contributed by atoms with Gasteiger partial charge >= 0.3 is 0 Å². The van der Waals surface area contributed by atoms with Gasteiger partial charge in [-0.2, -0.15) is 0 Å². The summed E-state index contributed by atoms with van der Waals surface area (Å²) < 4.78 is 14.0. The lowest BCUT2D eigenvalue weighted by molar-refractivity contribution is 0.0931. The third-order valence-corrected chi connectivity index (χ3v) is 3.70. The summed E-state index contributed by atoms with van der Waals surface area (Å²) in [6, 6.07) is 4.69. The Morgan fingerprint density at radius 2 is 2.11 bits per heavy atom. The molecular formula is C13H16Br2FNO. The third-order valence-electron chi connectivity index (χ3n) is 2.69. The van der Waals surface area contributed by atoms with Crippen molar-refractivity contribution in [2.75, 3.05) is 11.9 Å². The Morgan fingerprint density at radius 1 is 1.44 bits per heavy atom. The van der Waals surface area contributed by atoms with Crippen LogP contribution in [-0.2, 0) is 0 Å². The topological polar surface area (TPSA) is 29.1 Å². The zero-order valence-corrected chi connectivity index (χ0v) is 13.6. The van der Waals surface area contributed by atoms with Crippen LogP contribution in [0.25, 0.3) is 0 Å². The standard InChI is InChI=1S/C13H16Br2FNO/c1-13(2,6-7-14)8-17-12(18)9-4-3-5-10(15)11(9)16/h3-5H,6-8H2,1-2H3,(H,17,18). The first-order chi connectivity index (χ1) is 8.37. The number of carbonyl (C=O) groups is 1. The second-order valence-corrected chi connectivity index (χ2v) is 6.53. The maximum absolute atomic E-state index is 13.7. The molecule has 0 fully saturated rings. The highest BCUT2D eigenvalue weighted by Gasteiger charge is 2.20. The van der Waals surface area contributed by atoms with Crippen molar-refractivity contribution in [3.05, 3.63) is 34.1 Å². The molecular weight excluding hydrogens is 365 g/mol. The molecule has 0 saturated heterocycles. The second kappa shape index (κ2) is 6.66. The first-order valence-corrected chi connectivity index (χ1v) is 7.57. The first-order valence-electron chi connectivity index (χ1n) is 5.65. The average molecular weight is 381 g/mol. The number of alkyl halides is 1. The summed E-state index contributed by atoms with van der Waals surface area (Å²) >= 11 is 6.45. The Kier molecular flexibility index (Phi) is 5.79. The molecule has 1 aromatic rings. The molecule has 2 nitrogen and oxygen atoms in total. The van der Waals surface area contributed by atoms with Crippen LogP contribution < -0.4 is 5.32 Å². The molecule has 0 aromatic heterocycles. The summed E-state index contributed by atoms with van der Waals surface area (Å²) in [6.45, 7) is 4.64. The minimum Gasteiger partial charge on any atom is -0.351 e. The molecule has 0 spiro atoms. The average Bonchev–Trinajstić information content (AvgIpc) is 2.30. The van der Waals surface area contributed by atoms with Crippen LogP contribution in [0.4, 0.5) is 4.39 Å². The van der Waals surface area contributed by atoms with Gasteiger partial charge in [0.05, 0.1) is 10.0 Å². The highest BCUT2D eigenvalue weighted by atomic mass is 79.9. The number of hydrogen-bond donors (Lipinski definition) is 1. The van der Waals surface area contributed by atoms with Gasteiger partial charge in [0.25, 0.3) is 5.91 Å². The van der Waals surface area contributed by atoms with Gasteiger partial charge < -0.3 is 5.32 Å². The Morgan fingerprint density at radius 3 is 2.72 bits per heavy atom. The quantitative estimate of drug-likeness (QED) is 0.764. The third kappa shape index (κ3) is 4.35. The number of carbonyl (C=O) groups excluding carboxylic acids is 1. The van der Waals surface area contributed by atoms with Crippen molar-refractivity contribution in [3.8, 4) is 0 Å². The molecule has 0 atom stereocenters. The molecule has 0 aliphatic carbocycles. The Hall–Kier alpha value is -0.420. The normalized spacial score (nSPS) is 11.4. The highest BCUT2D eigenvalue weighted by Crippen LogP contribution is 2.21. The van der Waals surface area contributed by atoms with Gasteiger partial charge in [-0.05, 0) is 39.9 Å². The molecule has 0 unspecified atom stereocenters. The Labute approximate surface area is 124 Å². The number of amides is 1. The van der Waals surface area contributed by atoms with E-state index in [9.17, 15) is 9.18 Å². The van der Waals surface area contributed by atoms with Gasteiger partial charge in [-0.25, -0.2) is 4.39 Å². The van der Waals surface area contributed by atoms with Crippen molar-refractivity contribution < 1.29 is 9.18 Å². The predicted molar refractivity (Wildman–Crippen MR) is 78.6 cm³/mol. The number of halogens is 3. The van der Waals surface area contributed by atoms with E-state index in [2.05, 4.69) is 51.0 Å². The molecule has 5 heteroatoms. The van der Waals surface area contributed by atoms with Crippen LogP contribution in [0, 0.1) is 11.2 Å². The maximum Gasteiger partial charge on any atom is 0.254 e. The van der Waals surface area contributed by atoms with Crippen LogP contribution in [0.15, 0.2) is 22.7 Å². The second-order valence-electron chi connectivity index (χ2n) is 4.89. The van der Waals surface area contributed by atoms with Crippen molar-refractivity contribution in [1.82, 2.24) is 5.32 Å². The Balaban J connectivity index is 2.69. The van der Waals surface area contributed by atoms with Gasteiger partial charge in [-0.1, -0.05) is 35.8 Å². The summed E-state index contributed by atoms with van der Waals surface area (Å²) in [5, 5.41) is 3.65. The van der Waals surface area contributed by atoms with E-state index < -0.39 is 5.82 Å². The fraction of sp³-hybridized carbons (Fsp3) is 0.462. The van der Waals surface area contributed by atoms with Crippen LogP contribution >= 0.6 is 31.9 Å². The van der Waals surface area contributed by atoms with E-state index in [0.717, 1.165) is 11.8 Å². The SMILES string of the molecule is CC(C)(CCBr)CNC(=O)c1cccc(Br)c1F. The molecule has 0 saturated carbocycles. The molecule has 1 amide bonds. The number of benzene rings is 1. The fourth-order valence-electron chi connectivity index (χ4n) is 1.44. The van der Waals surface area contributed by atoms with Crippen LogP contribution in [0.1, 0.15) is 30.6 Å². The van der Waals surface area contributed by atoms with Gasteiger partial charge in [0, 0.05) is 11.9 Å². The van der Waals surface area contributed by atoms with Crippen molar-refractivity contribution in [2.24, 2.45) is 5.41 Å². The van der Waals surface area contributed by atoms with E-state index in [1.54, 1.807) is 12.1 Å². The van der Waals surface area contributed by atoms with Crippen LogP contribution in [0.3, 0.4) is 0 Å². The van der Waals surface area contributed by atoms with Crippen molar-refractivity contribution in [3.63, 3.8) is 0 Å². The zero-order valence-electron chi connectivity index (χ0n) is 10.4. The monoisotopic (exact) mass is 379 g/mol. The number of nitrogens with one attached hydrogen (secondary N) is 1. The molecule has 0 bridgehead atoms. The summed E-state index contributed by atoms with van der Waals surface area (Å²) in [6.07, 6.45) is 0.939. The lowest BCUT2D eigenvalue weighted by Gasteiger charge is -2.23. The summed E-state index contributed by atoms with van der Waals surface area (Å²) in [4.78, 5) is 11.9. The molecule has 100 valence electrons. The lowest BCUT2D eigenvalue weighted by atomic mass is 9.90. The molecule has 1 rings (SSSR count). The summed E-state index contributed by atoms with van der Waals surface area (Å²) in [7, 11) is 0. The van der Waals surface area contributed by atoms with E-state index >= 15 is 0 Å². The predicted octanol–water partition coefficient (Wildman–Crippen LogP) is 4.13. The summed E-state index contributed by atoms with van der Waals surface area (Å²) in [5.74, 6) is -0.898. The van der Waals surface area contributed by atoms with Gasteiger partial charge in [0.15, 0.2) is 0 Å². The maximum atomic E-state index is 13.7. The van der Waals surface area contributed by atoms with Gasteiger partial charge in [-0.15, -0.1) is 0 Å². The number of rotatable bonds is 5. The minimum atomic E-state index is -0.520. The Bertz CT molecular complexity index is 435. The van der Waals surface area contributed by atoms with E-state index in [-0.39, 0.29) is 16.9 Å². The molecule has 0 radical (unpaired) electrons. The van der Waals surface area contributed by atoms with Crippen molar-refractivity contribution in [2.45, 2.75) is 20.3 Å². The number of hydrogen-bond acceptors (Lipinski definition) is 1. The highest BCUT2D eigenvalue weighted by molar-refractivity contribution is 9.10. The van der Waals surface area contributed by atoms with Gasteiger partial charge in [0.1, 0.15) is 5.82 Å². The van der Waals surface area contributed by atoms with Crippen LogP contribution in [0.2, 0.25) is 0 Å². The smallest absolute Gasteiger partial charge is 0.254 e. The van der Waals surface area contributed by atoms with E-state index in [0.29, 0.717) is 11.0 Å². The largest absolute Gasteiger partial charge is 0.351 e. The lowest BCUT2D eigenvalue weighted by Crippen LogP contribution is -2.34. The first kappa shape index (κ1) is 15.6. The van der Waals surface area contributed by atoms with Gasteiger partial charge in [-0.3, -0.25) is 4.79 Å². The fourth-order valence-corrected chi connectivity index (χ4v) is 2.88. The molecule has 18 heavy (non-hydrogen) atoms. The van der Waals surface area contributed by atoms with Crippen molar-refractivity contribution >= 4 is 37.8 Å². The minimum absolute atomic E-state index is 0.0123. The van der Waals surface area contributed by atoms with Crippen molar-refractivity contribution in [1.29, 1.82) is 0 Å². The zero-order chi connectivity index (χ0) is 13.8.